The Kier molecular flexibility index (Phi) is 6.69. The molecule has 0 heterocycles. The van der Waals surface area contributed by atoms with Crippen LogP contribution < -0.4 is 0 Å². The molecule has 0 amide bonds. The highest BCUT2D eigenvalue weighted by atomic mass is 16.6. The summed E-state index contributed by atoms with van der Waals surface area (Å²) in [6.45, 7) is 2.85. The highest BCUT2D eigenvalue weighted by Crippen LogP contribution is 2.11. The van der Waals surface area contributed by atoms with Crippen molar-refractivity contribution < 1.29 is 28.7 Å². The maximum absolute atomic E-state index is 11.9. The van der Waals surface area contributed by atoms with Crippen molar-refractivity contribution in [2.45, 2.75) is 20.3 Å². The number of rotatable bonds is 6. The van der Waals surface area contributed by atoms with Crippen molar-refractivity contribution in [3.8, 4) is 0 Å². The van der Waals surface area contributed by atoms with Gasteiger partial charge in [-0.05, 0) is 25.5 Å². The molecule has 0 aliphatic rings. The lowest BCUT2D eigenvalue weighted by molar-refractivity contribution is -0.158. The lowest BCUT2D eigenvalue weighted by Gasteiger charge is -2.06. The summed E-state index contributed by atoms with van der Waals surface area (Å²) >= 11 is 0. The molecule has 22 heavy (non-hydrogen) atoms. The van der Waals surface area contributed by atoms with Crippen LogP contribution in [-0.4, -0.2) is 30.3 Å². The van der Waals surface area contributed by atoms with Gasteiger partial charge in [0.1, 0.15) is 17.8 Å². The number of hydrogen-bond acceptors (Lipinski definition) is 6. The van der Waals surface area contributed by atoms with Crippen LogP contribution in [0, 0.1) is 0 Å². The number of benzene rings is 1. The number of Topliss-reactive ketones (excluding diaryl/α,β-unsaturated/α-hetero) is 1. The molecule has 1 aromatic carbocycles. The Bertz CT molecular complexity index is 600. The molecule has 0 saturated carbocycles. The molecule has 0 fully saturated rings. The van der Waals surface area contributed by atoms with Gasteiger partial charge in [0, 0.05) is 0 Å². The summed E-state index contributed by atoms with van der Waals surface area (Å²) in [6.07, 6.45) is 0.731. The normalized spacial score (nSPS) is 10.7. The predicted octanol–water partition coefficient (Wildman–Crippen LogP) is 1.68. The first-order valence-corrected chi connectivity index (χ1v) is 6.62. The van der Waals surface area contributed by atoms with E-state index in [2.05, 4.69) is 4.74 Å². The molecule has 6 nitrogen and oxygen atoms in total. The van der Waals surface area contributed by atoms with E-state index in [9.17, 15) is 19.2 Å². The van der Waals surface area contributed by atoms with Gasteiger partial charge in [-0.3, -0.25) is 9.59 Å². The van der Waals surface area contributed by atoms with Crippen molar-refractivity contribution in [3.63, 3.8) is 0 Å². The first kappa shape index (κ1) is 17.3. The fourth-order valence-corrected chi connectivity index (χ4v) is 1.52. The molecule has 1 rings (SSSR count). The average Bonchev–Trinajstić information content (AvgIpc) is 2.44. The quantitative estimate of drug-likeness (QED) is 0.344. The lowest BCUT2D eigenvalue weighted by Crippen LogP contribution is -2.22. The van der Waals surface area contributed by atoms with Crippen molar-refractivity contribution in [1.82, 2.24) is 0 Å². The summed E-state index contributed by atoms with van der Waals surface area (Å²) in [4.78, 5) is 45.9. The fourth-order valence-electron chi connectivity index (χ4n) is 1.52. The van der Waals surface area contributed by atoms with Crippen molar-refractivity contribution in [1.29, 1.82) is 0 Å². The Labute approximate surface area is 127 Å². The van der Waals surface area contributed by atoms with E-state index in [1.165, 1.54) is 13.0 Å². The minimum absolute atomic E-state index is 0.0691. The smallest absolute Gasteiger partial charge is 0.353 e. The van der Waals surface area contributed by atoms with Gasteiger partial charge in [-0.25, -0.2) is 9.59 Å². The van der Waals surface area contributed by atoms with Crippen LogP contribution in [0.3, 0.4) is 0 Å². The number of esters is 3. The minimum Gasteiger partial charge on any atom is -0.462 e. The van der Waals surface area contributed by atoms with Crippen LogP contribution in [0.15, 0.2) is 35.9 Å². The van der Waals surface area contributed by atoms with Crippen LogP contribution in [0.1, 0.15) is 25.8 Å². The van der Waals surface area contributed by atoms with E-state index < -0.39 is 35.7 Å². The first-order valence-electron chi connectivity index (χ1n) is 6.62. The number of ether oxygens (including phenoxy) is 2. The Balaban J connectivity index is 2.98. The number of carbonyl (C=O) groups excluding carboxylic acids is 4. The van der Waals surface area contributed by atoms with Gasteiger partial charge in [-0.15, -0.1) is 0 Å². The van der Waals surface area contributed by atoms with Crippen molar-refractivity contribution in [3.05, 3.63) is 41.5 Å². The summed E-state index contributed by atoms with van der Waals surface area (Å²) in [5, 5.41) is 0. The standard InChI is InChI=1S/C16H16O6/c1-3-21-15(19)13(10-12-7-5-4-6-8-12)16(20)22-14(18)9-11(2)17/h4-8,10H,3,9H2,1-2H3. The second kappa shape index (κ2) is 8.51. The minimum atomic E-state index is -1.14. The largest absolute Gasteiger partial charge is 0.462 e. The molecule has 0 saturated heterocycles. The third kappa shape index (κ3) is 5.70. The molecule has 0 atom stereocenters. The second-order valence-corrected chi connectivity index (χ2v) is 4.33. The summed E-state index contributed by atoms with van der Waals surface area (Å²) in [6, 6.07) is 8.56. The van der Waals surface area contributed by atoms with Crippen molar-refractivity contribution in [2.24, 2.45) is 0 Å². The molecular formula is C16H16O6. The van der Waals surface area contributed by atoms with E-state index in [-0.39, 0.29) is 6.61 Å². The van der Waals surface area contributed by atoms with Crippen molar-refractivity contribution >= 4 is 29.8 Å². The highest BCUT2D eigenvalue weighted by molar-refractivity contribution is 6.20. The number of hydrogen-bond donors (Lipinski definition) is 0. The molecule has 0 aliphatic carbocycles. The topological polar surface area (TPSA) is 86.7 Å². The highest BCUT2D eigenvalue weighted by Gasteiger charge is 2.24. The van der Waals surface area contributed by atoms with E-state index in [1.54, 1.807) is 37.3 Å². The monoisotopic (exact) mass is 304 g/mol. The molecule has 0 aromatic heterocycles. The van der Waals surface area contributed by atoms with Gasteiger partial charge in [0.25, 0.3) is 0 Å². The SMILES string of the molecule is CCOC(=O)C(=Cc1ccccc1)C(=O)OC(=O)CC(C)=O. The molecule has 0 aliphatic heterocycles. The molecular weight excluding hydrogens is 288 g/mol. The van der Waals surface area contributed by atoms with Gasteiger partial charge in [-0.1, -0.05) is 30.3 Å². The molecule has 116 valence electrons. The van der Waals surface area contributed by atoms with Crippen LogP contribution in [0.25, 0.3) is 6.08 Å². The van der Waals surface area contributed by atoms with Crippen LogP contribution in [-0.2, 0) is 28.7 Å². The summed E-state index contributed by atoms with van der Waals surface area (Å²) in [5.41, 5.74) is 0.159. The zero-order valence-electron chi connectivity index (χ0n) is 12.3. The average molecular weight is 304 g/mol. The zero-order valence-corrected chi connectivity index (χ0v) is 12.3. The van der Waals surface area contributed by atoms with Crippen LogP contribution in [0.2, 0.25) is 0 Å². The summed E-state index contributed by atoms with van der Waals surface area (Å²) in [7, 11) is 0. The van der Waals surface area contributed by atoms with Crippen LogP contribution in [0.4, 0.5) is 0 Å². The van der Waals surface area contributed by atoms with Gasteiger partial charge < -0.3 is 9.47 Å². The summed E-state index contributed by atoms with van der Waals surface area (Å²) < 4.78 is 9.27. The number of ketones is 1. The Morgan fingerprint density at radius 3 is 2.23 bits per heavy atom. The molecule has 1 aromatic rings. The van der Waals surface area contributed by atoms with Gasteiger partial charge in [-0.2, -0.15) is 0 Å². The third-order valence-corrected chi connectivity index (χ3v) is 2.43. The van der Waals surface area contributed by atoms with Gasteiger partial charge in [0.15, 0.2) is 0 Å². The lowest BCUT2D eigenvalue weighted by atomic mass is 10.1. The van der Waals surface area contributed by atoms with E-state index in [4.69, 9.17) is 4.74 Å². The molecule has 0 unspecified atom stereocenters. The van der Waals surface area contributed by atoms with Gasteiger partial charge >= 0.3 is 17.9 Å². The number of carbonyl (C=O) groups is 4. The Morgan fingerprint density at radius 2 is 1.68 bits per heavy atom. The first-order chi connectivity index (χ1) is 10.4. The Morgan fingerprint density at radius 1 is 1.05 bits per heavy atom. The van der Waals surface area contributed by atoms with E-state index in [0.717, 1.165) is 0 Å². The second-order valence-electron chi connectivity index (χ2n) is 4.33. The van der Waals surface area contributed by atoms with E-state index in [1.807, 2.05) is 0 Å². The maximum Gasteiger partial charge on any atom is 0.353 e. The zero-order chi connectivity index (χ0) is 16.5. The van der Waals surface area contributed by atoms with Gasteiger partial charge in [0.2, 0.25) is 0 Å². The van der Waals surface area contributed by atoms with Crippen molar-refractivity contribution in [2.75, 3.05) is 6.61 Å². The fraction of sp³-hybridized carbons (Fsp3) is 0.250. The molecule has 6 heteroatoms. The molecule has 0 N–H and O–H groups in total. The Hall–Kier alpha value is -2.76. The van der Waals surface area contributed by atoms with Crippen LogP contribution in [0.5, 0.6) is 0 Å². The molecule has 0 radical (unpaired) electrons. The maximum atomic E-state index is 11.9. The molecule has 0 spiro atoms. The van der Waals surface area contributed by atoms with E-state index in [0.29, 0.717) is 5.56 Å². The van der Waals surface area contributed by atoms with Gasteiger partial charge in [0.05, 0.1) is 6.61 Å². The molecule has 0 bridgehead atoms. The van der Waals surface area contributed by atoms with Crippen LogP contribution >= 0.6 is 0 Å². The van der Waals surface area contributed by atoms with E-state index >= 15 is 0 Å². The third-order valence-electron chi connectivity index (χ3n) is 2.43. The predicted molar refractivity (Wildman–Crippen MR) is 77.4 cm³/mol. The summed E-state index contributed by atoms with van der Waals surface area (Å²) in [5.74, 6) is -3.50.